The number of rotatable bonds is 0. The average molecular weight is 305 g/mol. The zero-order valence-corrected chi connectivity index (χ0v) is 13.4. The van der Waals surface area contributed by atoms with Crippen LogP contribution in [-0.4, -0.2) is 29.2 Å². The summed E-state index contributed by atoms with van der Waals surface area (Å²) < 4.78 is 0. The van der Waals surface area contributed by atoms with E-state index in [1.807, 2.05) is 0 Å². The third kappa shape index (κ3) is 2.09. The Kier molecular flexibility index (Phi) is 3.10. The van der Waals surface area contributed by atoms with E-state index in [9.17, 15) is 5.11 Å². The number of hydrogen-bond donors (Lipinski definition) is 1. The lowest BCUT2D eigenvalue weighted by Crippen LogP contribution is -2.44. The Morgan fingerprint density at radius 1 is 0.913 bits per heavy atom. The van der Waals surface area contributed by atoms with E-state index in [0.29, 0.717) is 12.0 Å². The molecule has 1 N–H and O–H groups in total. The van der Waals surface area contributed by atoms with Gasteiger partial charge in [0.1, 0.15) is 0 Å². The summed E-state index contributed by atoms with van der Waals surface area (Å²) in [6.45, 7) is 2.13. The summed E-state index contributed by atoms with van der Waals surface area (Å²) in [6, 6.07) is 16.3. The normalized spacial score (nSPS) is 29.2. The van der Waals surface area contributed by atoms with E-state index in [1.54, 1.807) is 5.56 Å². The number of aliphatic hydroxyl groups is 1. The molecule has 2 aliphatic heterocycles. The van der Waals surface area contributed by atoms with Gasteiger partial charge >= 0.3 is 0 Å². The van der Waals surface area contributed by atoms with Crippen LogP contribution in [0.25, 0.3) is 0 Å². The first-order valence-corrected chi connectivity index (χ1v) is 8.93. The minimum absolute atomic E-state index is 0.137. The van der Waals surface area contributed by atoms with Crippen LogP contribution in [0.2, 0.25) is 0 Å². The number of aryl methyl sites for hydroxylation is 2. The van der Waals surface area contributed by atoms with Gasteiger partial charge in [-0.1, -0.05) is 42.5 Å². The van der Waals surface area contributed by atoms with Crippen molar-refractivity contribution in [1.82, 2.24) is 4.90 Å². The zero-order chi connectivity index (χ0) is 15.4. The SMILES string of the molecule is O[C@@H]1CCN2C[C@H]3c4ccccc4CCc4cccc(c43)[C@@H]2C1. The lowest BCUT2D eigenvalue weighted by Gasteiger charge is -2.46. The van der Waals surface area contributed by atoms with E-state index in [4.69, 9.17) is 0 Å². The van der Waals surface area contributed by atoms with Gasteiger partial charge in [0, 0.05) is 25.0 Å². The van der Waals surface area contributed by atoms with E-state index in [1.165, 1.54) is 22.3 Å². The van der Waals surface area contributed by atoms with Gasteiger partial charge in [-0.25, -0.2) is 0 Å². The Bertz CT molecular complexity index is 753. The first-order chi connectivity index (χ1) is 11.3. The fraction of sp³-hybridized carbons (Fsp3) is 0.429. The molecular weight excluding hydrogens is 282 g/mol. The number of fused-ring (bicyclic) bond motifs is 4. The first-order valence-electron chi connectivity index (χ1n) is 8.93. The zero-order valence-electron chi connectivity index (χ0n) is 13.4. The molecule has 0 unspecified atom stereocenters. The summed E-state index contributed by atoms with van der Waals surface area (Å²) in [6.07, 6.45) is 3.97. The molecule has 1 aliphatic carbocycles. The van der Waals surface area contributed by atoms with Crippen molar-refractivity contribution in [2.24, 2.45) is 0 Å². The van der Waals surface area contributed by atoms with Crippen molar-refractivity contribution >= 4 is 0 Å². The van der Waals surface area contributed by atoms with E-state index >= 15 is 0 Å². The highest BCUT2D eigenvalue weighted by atomic mass is 16.3. The largest absolute Gasteiger partial charge is 0.393 e. The Morgan fingerprint density at radius 2 is 1.70 bits per heavy atom. The number of benzene rings is 2. The fourth-order valence-electron chi connectivity index (χ4n) is 5.05. The van der Waals surface area contributed by atoms with E-state index < -0.39 is 0 Å². The van der Waals surface area contributed by atoms with Crippen LogP contribution in [0.1, 0.15) is 52.6 Å². The molecule has 0 saturated carbocycles. The molecule has 0 amide bonds. The standard InChI is InChI=1S/C21H23NO/c23-16-10-11-22-13-19-17-6-2-1-4-14(17)8-9-15-5-3-7-18(21(15)19)20(22)12-16/h1-7,16,19-20,23H,8-13H2/t16-,19+,20+/m1/s1. The molecular formula is C21H23NO. The molecule has 3 aliphatic rings. The molecule has 1 saturated heterocycles. The maximum atomic E-state index is 10.2. The highest BCUT2D eigenvalue weighted by Crippen LogP contribution is 2.46. The lowest BCUT2D eigenvalue weighted by molar-refractivity contribution is 0.0328. The van der Waals surface area contributed by atoms with E-state index in [-0.39, 0.29) is 6.10 Å². The van der Waals surface area contributed by atoms with Crippen LogP contribution in [-0.2, 0) is 12.8 Å². The van der Waals surface area contributed by atoms with Crippen molar-refractivity contribution in [3.63, 3.8) is 0 Å². The number of piperidine rings is 1. The molecule has 2 aromatic rings. The maximum Gasteiger partial charge on any atom is 0.0570 e. The Balaban J connectivity index is 1.71. The van der Waals surface area contributed by atoms with Crippen molar-refractivity contribution < 1.29 is 5.11 Å². The van der Waals surface area contributed by atoms with Crippen molar-refractivity contribution in [3.8, 4) is 0 Å². The lowest BCUT2D eigenvalue weighted by atomic mass is 9.76. The average Bonchev–Trinajstić information content (AvgIpc) is 2.74. The van der Waals surface area contributed by atoms with Crippen LogP contribution in [0, 0.1) is 0 Å². The Hall–Kier alpha value is -1.64. The van der Waals surface area contributed by atoms with Crippen LogP contribution in [0.5, 0.6) is 0 Å². The van der Waals surface area contributed by atoms with Gasteiger partial charge in [0.2, 0.25) is 0 Å². The monoisotopic (exact) mass is 305 g/mol. The van der Waals surface area contributed by atoms with Crippen LogP contribution in [0.3, 0.4) is 0 Å². The van der Waals surface area contributed by atoms with E-state index in [0.717, 1.165) is 38.8 Å². The molecule has 2 aromatic carbocycles. The number of aliphatic hydroxyl groups excluding tert-OH is 1. The number of hydrogen-bond acceptors (Lipinski definition) is 2. The van der Waals surface area contributed by atoms with Crippen LogP contribution in [0.4, 0.5) is 0 Å². The van der Waals surface area contributed by atoms with Gasteiger partial charge in [-0.15, -0.1) is 0 Å². The van der Waals surface area contributed by atoms with E-state index in [2.05, 4.69) is 47.4 Å². The smallest absolute Gasteiger partial charge is 0.0570 e. The third-order valence-corrected chi connectivity index (χ3v) is 6.13. The van der Waals surface area contributed by atoms with Crippen LogP contribution >= 0.6 is 0 Å². The molecule has 0 radical (unpaired) electrons. The summed E-state index contributed by atoms with van der Waals surface area (Å²) in [5, 5.41) is 10.2. The van der Waals surface area contributed by atoms with Crippen molar-refractivity contribution in [2.75, 3.05) is 13.1 Å². The van der Waals surface area contributed by atoms with Gasteiger partial charge in [-0.05, 0) is 53.5 Å². The van der Waals surface area contributed by atoms with Gasteiger partial charge < -0.3 is 5.11 Å². The molecule has 2 nitrogen and oxygen atoms in total. The minimum atomic E-state index is -0.137. The molecule has 5 rings (SSSR count). The fourth-order valence-corrected chi connectivity index (χ4v) is 5.05. The molecule has 0 bridgehead atoms. The van der Waals surface area contributed by atoms with Gasteiger partial charge in [0.05, 0.1) is 6.10 Å². The maximum absolute atomic E-state index is 10.2. The number of nitrogens with zero attached hydrogens (tertiary/aromatic N) is 1. The molecule has 0 aromatic heterocycles. The second-order valence-electron chi connectivity index (χ2n) is 7.36. The van der Waals surface area contributed by atoms with Crippen molar-refractivity contribution in [3.05, 3.63) is 70.3 Å². The summed E-state index contributed by atoms with van der Waals surface area (Å²) in [5.41, 5.74) is 7.64. The first kappa shape index (κ1) is 13.8. The molecule has 23 heavy (non-hydrogen) atoms. The predicted molar refractivity (Wildman–Crippen MR) is 91.7 cm³/mol. The minimum Gasteiger partial charge on any atom is -0.393 e. The van der Waals surface area contributed by atoms with Crippen molar-refractivity contribution in [1.29, 1.82) is 0 Å². The van der Waals surface area contributed by atoms with Crippen molar-refractivity contribution in [2.45, 2.75) is 43.7 Å². The molecule has 2 heteroatoms. The molecule has 0 spiro atoms. The summed E-state index contributed by atoms with van der Waals surface area (Å²) in [5.74, 6) is 0.506. The van der Waals surface area contributed by atoms with Crippen LogP contribution in [0.15, 0.2) is 42.5 Å². The second kappa shape index (κ2) is 5.19. The highest BCUT2D eigenvalue weighted by Gasteiger charge is 2.39. The Labute approximate surface area is 137 Å². The van der Waals surface area contributed by atoms with Crippen LogP contribution < -0.4 is 0 Å². The molecule has 118 valence electrons. The Morgan fingerprint density at radius 3 is 2.65 bits per heavy atom. The van der Waals surface area contributed by atoms with Gasteiger partial charge in [0.25, 0.3) is 0 Å². The van der Waals surface area contributed by atoms with Gasteiger partial charge in [-0.2, -0.15) is 0 Å². The van der Waals surface area contributed by atoms with Gasteiger partial charge in [0.15, 0.2) is 0 Å². The molecule has 1 fully saturated rings. The predicted octanol–water partition coefficient (Wildman–Crippen LogP) is 3.43. The topological polar surface area (TPSA) is 23.5 Å². The highest BCUT2D eigenvalue weighted by molar-refractivity contribution is 5.51. The third-order valence-electron chi connectivity index (χ3n) is 6.13. The summed E-state index contributed by atoms with van der Waals surface area (Å²) in [7, 11) is 0. The molecule has 3 atom stereocenters. The quantitative estimate of drug-likeness (QED) is 0.806. The van der Waals surface area contributed by atoms with Gasteiger partial charge in [-0.3, -0.25) is 4.90 Å². The second-order valence-corrected chi connectivity index (χ2v) is 7.36. The summed E-state index contributed by atoms with van der Waals surface area (Å²) in [4.78, 5) is 2.62. The summed E-state index contributed by atoms with van der Waals surface area (Å²) >= 11 is 0. The molecule has 2 heterocycles.